The van der Waals surface area contributed by atoms with Crippen molar-refractivity contribution in [3.8, 4) is 0 Å². The third-order valence-corrected chi connectivity index (χ3v) is 2.14. The lowest BCUT2D eigenvalue weighted by molar-refractivity contribution is 0.0689. The van der Waals surface area contributed by atoms with E-state index in [9.17, 15) is 9.90 Å². The second-order valence-corrected chi connectivity index (χ2v) is 4.39. The number of carboxylic acid groups (broad SMARTS) is 1. The van der Waals surface area contributed by atoms with Gasteiger partial charge in [0.25, 0.3) is 0 Å². The standard InChI is InChI=1S/C11H17N3O3/c1-4-14(7-11(2,3)17)9-6-12-8(5-13-9)10(15)16/h5-6,17H,4,7H2,1-3H3,(H,15,16). The lowest BCUT2D eigenvalue weighted by Crippen LogP contribution is -2.39. The van der Waals surface area contributed by atoms with Crippen molar-refractivity contribution in [1.82, 2.24) is 9.97 Å². The summed E-state index contributed by atoms with van der Waals surface area (Å²) in [5.74, 6) is -0.547. The summed E-state index contributed by atoms with van der Waals surface area (Å²) < 4.78 is 0. The van der Waals surface area contributed by atoms with Gasteiger partial charge in [-0.2, -0.15) is 0 Å². The molecule has 94 valence electrons. The van der Waals surface area contributed by atoms with Crippen LogP contribution in [0.5, 0.6) is 0 Å². The third-order valence-electron chi connectivity index (χ3n) is 2.14. The van der Waals surface area contributed by atoms with Gasteiger partial charge in [-0.25, -0.2) is 14.8 Å². The van der Waals surface area contributed by atoms with Crippen molar-refractivity contribution < 1.29 is 15.0 Å². The topological polar surface area (TPSA) is 86.5 Å². The van der Waals surface area contributed by atoms with Gasteiger partial charge in [-0.05, 0) is 20.8 Å². The molecule has 0 amide bonds. The summed E-state index contributed by atoms with van der Waals surface area (Å²) in [6, 6.07) is 0. The van der Waals surface area contributed by atoms with E-state index in [1.807, 2.05) is 11.8 Å². The molecule has 6 nitrogen and oxygen atoms in total. The van der Waals surface area contributed by atoms with Crippen LogP contribution in [-0.2, 0) is 0 Å². The Bertz CT molecular complexity index is 384. The molecular formula is C11H17N3O3. The first-order chi connectivity index (χ1) is 7.83. The molecule has 0 atom stereocenters. The van der Waals surface area contributed by atoms with E-state index in [0.717, 1.165) is 0 Å². The van der Waals surface area contributed by atoms with Crippen LogP contribution >= 0.6 is 0 Å². The first-order valence-corrected chi connectivity index (χ1v) is 5.36. The molecule has 1 aromatic rings. The Kier molecular flexibility index (Phi) is 4.01. The van der Waals surface area contributed by atoms with Crippen molar-refractivity contribution in [2.45, 2.75) is 26.4 Å². The van der Waals surface area contributed by atoms with Crippen LogP contribution in [0.4, 0.5) is 5.82 Å². The Morgan fingerprint density at radius 3 is 2.41 bits per heavy atom. The van der Waals surface area contributed by atoms with Gasteiger partial charge in [0.15, 0.2) is 5.69 Å². The number of hydrogen-bond donors (Lipinski definition) is 2. The number of aromatic carboxylic acids is 1. The van der Waals surface area contributed by atoms with Crippen molar-refractivity contribution in [3.63, 3.8) is 0 Å². The molecule has 6 heteroatoms. The number of likely N-dealkylation sites (N-methyl/N-ethyl adjacent to an activating group) is 1. The van der Waals surface area contributed by atoms with Crippen LogP contribution < -0.4 is 4.90 Å². The molecule has 0 aliphatic carbocycles. The van der Waals surface area contributed by atoms with E-state index in [4.69, 9.17) is 5.11 Å². The molecule has 1 heterocycles. The maximum Gasteiger partial charge on any atom is 0.356 e. The maximum absolute atomic E-state index is 10.6. The molecule has 2 N–H and O–H groups in total. The predicted molar refractivity (Wildman–Crippen MR) is 63.2 cm³/mol. The molecule has 0 aromatic carbocycles. The molecule has 0 saturated heterocycles. The number of aliphatic hydroxyl groups is 1. The van der Waals surface area contributed by atoms with Gasteiger partial charge in [-0.15, -0.1) is 0 Å². The number of hydrogen-bond acceptors (Lipinski definition) is 5. The van der Waals surface area contributed by atoms with Gasteiger partial charge < -0.3 is 15.1 Å². The summed E-state index contributed by atoms with van der Waals surface area (Å²) in [5.41, 5.74) is -0.934. The normalized spacial score (nSPS) is 11.3. The maximum atomic E-state index is 10.6. The summed E-state index contributed by atoms with van der Waals surface area (Å²) in [4.78, 5) is 20.3. The van der Waals surface area contributed by atoms with Crippen molar-refractivity contribution >= 4 is 11.8 Å². The average molecular weight is 239 g/mol. The van der Waals surface area contributed by atoms with E-state index >= 15 is 0 Å². The monoisotopic (exact) mass is 239 g/mol. The highest BCUT2D eigenvalue weighted by Gasteiger charge is 2.18. The lowest BCUT2D eigenvalue weighted by atomic mass is 10.1. The van der Waals surface area contributed by atoms with E-state index in [0.29, 0.717) is 18.9 Å². The zero-order chi connectivity index (χ0) is 13.1. The fraction of sp³-hybridized carbons (Fsp3) is 0.545. The van der Waals surface area contributed by atoms with Crippen molar-refractivity contribution in [1.29, 1.82) is 0 Å². The quantitative estimate of drug-likeness (QED) is 0.789. The largest absolute Gasteiger partial charge is 0.476 e. The molecule has 0 aliphatic heterocycles. The predicted octanol–water partition coefficient (Wildman–Crippen LogP) is 0.772. The first-order valence-electron chi connectivity index (χ1n) is 5.36. The minimum absolute atomic E-state index is 0.0898. The minimum Gasteiger partial charge on any atom is -0.476 e. The smallest absolute Gasteiger partial charge is 0.356 e. The van der Waals surface area contributed by atoms with E-state index in [2.05, 4.69) is 9.97 Å². The van der Waals surface area contributed by atoms with Crippen LogP contribution in [0.2, 0.25) is 0 Å². The molecule has 0 aliphatic rings. The summed E-state index contributed by atoms with van der Waals surface area (Å²) >= 11 is 0. The fourth-order valence-corrected chi connectivity index (χ4v) is 1.42. The molecule has 0 unspecified atom stereocenters. The Labute approximate surface area is 99.9 Å². The Hall–Kier alpha value is -1.69. The van der Waals surface area contributed by atoms with Crippen molar-refractivity contribution in [3.05, 3.63) is 18.1 Å². The molecular weight excluding hydrogens is 222 g/mol. The zero-order valence-electron chi connectivity index (χ0n) is 10.2. The molecule has 0 saturated carbocycles. The van der Waals surface area contributed by atoms with Gasteiger partial charge in [0, 0.05) is 13.1 Å². The highest BCUT2D eigenvalue weighted by atomic mass is 16.4. The number of nitrogens with zero attached hydrogens (tertiary/aromatic N) is 3. The van der Waals surface area contributed by atoms with Gasteiger partial charge in [0.1, 0.15) is 5.82 Å². The summed E-state index contributed by atoms with van der Waals surface area (Å²) in [7, 11) is 0. The van der Waals surface area contributed by atoms with Crippen molar-refractivity contribution in [2.75, 3.05) is 18.0 Å². The molecule has 1 rings (SSSR count). The average Bonchev–Trinajstić information content (AvgIpc) is 2.25. The number of rotatable bonds is 5. The summed E-state index contributed by atoms with van der Waals surface area (Å²) in [5, 5.41) is 18.4. The molecule has 0 bridgehead atoms. The second-order valence-electron chi connectivity index (χ2n) is 4.39. The Morgan fingerprint density at radius 1 is 1.41 bits per heavy atom. The lowest BCUT2D eigenvalue weighted by Gasteiger charge is -2.28. The van der Waals surface area contributed by atoms with E-state index in [1.54, 1.807) is 13.8 Å². The van der Waals surface area contributed by atoms with Crippen LogP contribution in [-0.4, -0.2) is 44.8 Å². The number of aromatic nitrogens is 2. The van der Waals surface area contributed by atoms with Crippen LogP contribution in [0.1, 0.15) is 31.3 Å². The Balaban J connectivity index is 2.86. The van der Waals surface area contributed by atoms with Gasteiger partial charge in [0.05, 0.1) is 18.0 Å². The summed E-state index contributed by atoms with van der Waals surface area (Å²) in [6.07, 6.45) is 2.61. The van der Waals surface area contributed by atoms with Crippen LogP contribution in [0.3, 0.4) is 0 Å². The highest BCUT2D eigenvalue weighted by molar-refractivity contribution is 5.84. The van der Waals surface area contributed by atoms with Crippen LogP contribution in [0.15, 0.2) is 12.4 Å². The van der Waals surface area contributed by atoms with Crippen LogP contribution in [0, 0.1) is 0 Å². The minimum atomic E-state index is -1.10. The van der Waals surface area contributed by atoms with Gasteiger partial charge >= 0.3 is 5.97 Å². The van der Waals surface area contributed by atoms with Gasteiger partial charge in [0.2, 0.25) is 0 Å². The number of carbonyl (C=O) groups is 1. The second kappa shape index (κ2) is 5.09. The first kappa shape index (κ1) is 13.4. The zero-order valence-corrected chi connectivity index (χ0v) is 10.2. The molecule has 0 radical (unpaired) electrons. The van der Waals surface area contributed by atoms with Crippen LogP contribution in [0.25, 0.3) is 0 Å². The van der Waals surface area contributed by atoms with Gasteiger partial charge in [-0.1, -0.05) is 0 Å². The van der Waals surface area contributed by atoms with E-state index < -0.39 is 11.6 Å². The number of carboxylic acids is 1. The highest BCUT2D eigenvalue weighted by Crippen LogP contribution is 2.13. The Morgan fingerprint density at radius 2 is 2.06 bits per heavy atom. The molecule has 0 spiro atoms. The molecule has 1 aromatic heterocycles. The van der Waals surface area contributed by atoms with E-state index in [-0.39, 0.29) is 5.69 Å². The fourth-order valence-electron chi connectivity index (χ4n) is 1.42. The third kappa shape index (κ3) is 3.99. The SMILES string of the molecule is CCN(CC(C)(C)O)c1cnc(C(=O)O)cn1. The van der Waals surface area contributed by atoms with Crippen molar-refractivity contribution in [2.24, 2.45) is 0 Å². The van der Waals surface area contributed by atoms with Gasteiger partial charge in [-0.3, -0.25) is 0 Å². The molecule has 17 heavy (non-hydrogen) atoms. The van der Waals surface area contributed by atoms with E-state index in [1.165, 1.54) is 12.4 Å². The molecule has 0 fully saturated rings. The summed E-state index contributed by atoms with van der Waals surface area (Å²) in [6.45, 7) is 6.40. The number of anilines is 1.